The van der Waals surface area contributed by atoms with Crippen LogP contribution in [0, 0.1) is 10.1 Å². The first kappa shape index (κ1) is 22.1. The minimum Gasteiger partial charge on any atom is -0.461 e. The SMILES string of the molecule is CC1=C(C(=O)OCCN)C(c2cccc([N+](=O)[O-])c2)C(C(=O)OCCN)=C(C)N1. The number of allylic oxidation sites excluding steroid dienone is 2. The molecule has 29 heavy (non-hydrogen) atoms. The van der Waals surface area contributed by atoms with Crippen LogP contribution in [0.3, 0.4) is 0 Å². The zero-order chi connectivity index (χ0) is 21.6. The number of nitro groups is 1. The summed E-state index contributed by atoms with van der Waals surface area (Å²) in [6.07, 6.45) is 0. The number of non-ortho nitro benzene ring substituents is 1. The van der Waals surface area contributed by atoms with Gasteiger partial charge in [-0.1, -0.05) is 12.1 Å². The van der Waals surface area contributed by atoms with Gasteiger partial charge in [-0.25, -0.2) is 9.59 Å². The molecule has 1 heterocycles. The largest absolute Gasteiger partial charge is 0.461 e. The number of ether oxygens (including phenoxy) is 2. The van der Waals surface area contributed by atoms with Gasteiger partial charge >= 0.3 is 11.9 Å². The molecule has 0 amide bonds. The molecule has 10 nitrogen and oxygen atoms in total. The fourth-order valence-corrected chi connectivity index (χ4v) is 3.15. The molecule has 0 aromatic heterocycles. The summed E-state index contributed by atoms with van der Waals surface area (Å²) in [5.74, 6) is -2.26. The normalized spacial score (nSPS) is 14.5. The highest BCUT2D eigenvalue weighted by atomic mass is 16.6. The number of carbonyl (C=O) groups is 2. The zero-order valence-corrected chi connectivity index (χ0v) is 16.3. The van der Waals surface area contributed by atoms with E-state index in [-0.39, 0.29) is 43.1 Å². The van der Waals surface area contributed by atoms with Crippen molar-refractivity contribution in [2.45, 2.75) is 19.8 Å². The van der Waals surface area contributed by atoms with Crippen molar-refractivity contribution in [2.24, 2.45) is 11.5 Å². The highest BCUT2D eigenvalue weighted by Crippen LogP contribution is 2.40. The summed E-state index contributed by atoms with van der Waals surface area (Å²) < 4.78 is 10.4. The Bertz CT molecular complexity index is 835. The van der Waals surface area contributed by atoms with Gasteiger partial charge in [0.25, 0.3) is 5.69 Å². The number of dihydropyridines is 1. The molecule has 156 valence electrons. The number of benzene rings is 1. The number of hydrogen-bond acceptors (Lipinski definition) is 9. The Hall–Kier alpha value is -3.24. The van der Waals surface area contributed by atoms with Crippen LogP contribution in [0.4, 0.5) is 5.69 Å². The van der Waals surface area contributed by atoms with E-state index in [0.717, 1.165) is 0 Å². The Balaban J connectivity index is 2.62. The van der Waals surface area contributed by atoms with E-state index < -0.39 is 22.8 Å². The molecule has 0 spiro atoms. The van der Waals surface area contributed by atoms with Crippen molar-refractivity contribution >= 4 is 17.6 Å². The van der Waals surface area contributed by atoms with Gasteiger partial charge in [-0.05, 0) is 19.4 Å². The van der Waals surface area contributed by atoms with Crippen molar-refractivity contribution < 1.29 is 24.0 Å². The third kappa shape index (κ3) is 4.98. The molecular weight excluding hydrogens is 380 g/mol. The minimum absolute atomic E-state index is 0.00702. The molecule has 2 rings (SSSR count). The molecule has 0 bridgehead atoms. The number of nitrogens with two attached hydrogens (primary N) is 2. The standard InChI is InChI=1S/C19H24N4O6/c1-11-15(18(24)28-8-6-20)17(13-4-3-5-14(10-13)23(26)27)16(12(2)22-11)19(25)29-9-7-21/h3-5,10,17,22H,6-9,20-21H2,1-2H3. The summed E-state index contributed by atoms with van der Waals surface area (Å²) in [5, 5.41) is 14.2. The van der Waals surface area contributed by atoms with Gasteiger partial charge in [0.2, 0.25) is 0 Å². The maximum absolute atomic E-state index is 12.8. The predicted octanol–water partition coefficient (Wildman–Crippen LogP) is 0.833. The smallest absolute Gasteiger partial charge is 0.336 e. The van der Waals surface area contributed by atoms with Gasteiger partial charge in [0, 0.05) is 36.6 Å². The number of nitrogens with zero attached hydrogens (tertiary/aromatic N) is 1. The number of nitro benzene ring substituents is 1. The molecule has 1 aliphatic heterocycles. The van der Waals surface area contributed by atoms with Crippen LogP contribution in [-0.4, -0.2) is 43.2 Å². The lowest BCUT2D eigenvalue weighted by Crippen LogP contribution is -2.33. The third-order valence-electron chi connectivity index (χ3n) is 4.32. The van der Waals surface area contributed by atoms with Gasteiger partial charge in [0.05, 0.1) is 22.0 Å². The number of nitrogens with one attached hydrogen (secondary N) is 1. The van der Waals surface area contributed by atoms with E-state index in [1.807, 2.05) is 0 Å². The van der Waals surface area contributed by atoms with Crippen molar-refractivity contribution in [1.82, 2.24) is 5.32 Å². The highest BCUT2D eigenvalue weighted by molar-refractivity contribution is 6.00. The summed E-state index contributed by atoms with van der Waals surface area (Å²) in [6, 6.07) is 5.75. The second-order valence-electron chi connectivity index (χ2n) is 6.34. The van der Waals surface area contributed by atoms with Crippen molar-refractivity contribution in [2.75, 3.05) is 26.3 Å². The lowest BCUT2D eigenvalue weighted by atomic mass is 9.80. The first-order valence-corrected chi connectivity index (χ1v) is 8.99. The second kappa shape index (κ2) is 9.80. The van der Waals surface area contributed by atoms with E-state index in [1.54, 1.807) is 19.9 Å². The van der Waals surface area contributed by atoms with E-state index in [1.165, 1.54) is 18.2 Å². The molecule has 10 heteroatoms. The van der Waals surface area contributed by atoms with Gasteiger partial charge in [-0.15, -0.1) is 0 Å². The van der Waals surface area contributed by atoms with Crippen LogP contribution in [0.5, 0.6) is 0 Å². The summed E-state index contributed by atoms with van der Waals surface area (Å²) in [6.45, 7) is 3.57. The van der Waals surface area contributed by atoms with Gasteiger partial charge in [0.15, 0.2) is 0 Å². The molecule has 0 saturated carbocycles. The van der Waals surface area contributed by atoms with E-state index in [4.69, 9.17) is 20.9 Å². The topological polar surface area (TPSA) is 160 Å². The third-order valence-corrected chi connectivity index (χ3v) is 4.32. The number of esters is 2. The van der Waals surface area contributed by atoms with Crippen LogP contribution in [0.15, 0.2) is 46.8 Å². The molecule has 0 saturated heterocycles. The fourth-order valence-electron chi connectivity index (χ4n) is 3.15. The predicted molar refractivity (Wildman–Crippen MR) is 104 cm³/mol. The summed E-state index contributed by atoms with van der Waals surface area (Å²) in [5.41, 5.74) is 12.3. The van der Waals surface area contributed by atoms with Gasteiger partial charge in [0.1, 0.15) is 13.2 Å². The maximum atomic E-state index is 12.8. The number of hydrogen-bond donors (Lipinski definition) is 3. The molecule has 0 aliphatic carbocycles. The van der Waals surface area contributed by atoms with Gasteiger partial charge < -0.3 is 26.3 Å². The van der Waals surface area contributed by atoms with Gasteiger partial charge in [-0.2, -0.15) is 0 Å². The molecule has 0 atom stereocenters. The van der Waals surface area contributed by atoms with Crippen molar-refractivity contribution in [3.05, 3.63) is 62.5 Å². The Morgan fingerprint density at radius 3 is 2.03 bits per heavy atom. The Labute approximate surface area is 167 Å². The molecule has 1 aromatic carbocycles. The molecule has 5 N–H and O–H groups in total. The van der Waals surface area contributed by atoms with Crippen molar-refractivity contribution in [3.63, 3.8) is 0 Å². The Morgan fingerprint density at radius 2 is 1.59 bits per heavy atom. The summed E-state index contributed by atoms with van der Waals surface area (Å²) in [7, 11) is 0. The van der Waals surface area contributed by atoms with Crippen LogP contribution in [0.25, 0.3) is 0 Å². The van der Waals surface area contributed by atoms with Crippen LogP contribution in [0.2, 0.25) is 0 Å². The molecular formula is C19H24N4O6. The lowest BCUT2D eigenvalue weighted by molar-refractivity contribution is -0.384. The highest BCUT2D eigenvalue weighted by Gasteiger charge is 2.38. The number of rotatable bonds is 8. The van der Waals surface area contributed by atoms with Crippen LogP contribution < -0.4 is 16.8 Å². The van der Waals surface area contributed by atoms with Crippen molar-refractivity contribution in [1.29, 1.82) is 0 Å². The second-order valence-corrected chi connectivity index (χ2v) is 6.34. The average Bonchev–Trinajstić information content (AvgIpc) is 2.69. The Morgan fingerprint density at radius 1 is 1.07 bits per heavy atom. The fraction of sp³-hybridized carbons (Fsp3) is 0.368. The first-order valence-electron chi connectivity index (χ1n) is 8.99. The van der Waals surface area contributed by atoms with Crippen LogP contribution in [0.1, 0.15) is 25.3 Å². The minimum atomic E-state index is -0.910. The van der Waals surface area contributed by atoms with E-state index >= 15 is 0 Å². The summed E-state index contributed by atoms with van der Waals surface area (Å²) in [4.78, 5) is 36.2. The van der Waals surface area contributed by atoms with Crippen LogP contribution in [-0.2, 0) is 19.1 Å². The zero-order valence-electron chi connectivity index (χ0n) is 16.3. The molecule has 0 radical (unpaired) electrons. The van der Waals surface area contributed by atoms with Crippen LogP contribution >= 0.6 is 0 Å². The molecule has 0 unspecified atom stereocenters. The van der Waals surface area contributed by atoms with E-state index in [2.05, 4.69) is 5.32 Å². The quantitative estimate of drug-likeness (QED) is 0.324. The summed E-state index contributed by atoms with van der Waals surface area (Å²) >= 11 is 0. The monoisotopic (exact) mass is 404 g/mol. The lowest BCUT2D eigenvalue weighted by Gasteiger charge is -2.30. The number of carbonyl (C=O) groups excluding carboxylic acids is 2. The molecule has 1 aliphatic rings. The molecule has 1 aromatic rings. The maximum Gasteiger partial charge on any atom is 0.336 e. The van der Waals surface area contributed by atoms with E-state index in [9.17, 15) is 19.7 Å². The van der Waals surface area contributed by atoms with Gasteiger partial charge in [-0.3, -0.25) is 10.1 Å². The Kier molecular flexibility index (Phi) is 7.46. The molecule has 0 fully saturated rings. The van der Waals surface area contributed by atoms with E-state index in [0.29, 0.717) is 17.0 Å². The van der Waals surface area contributed by atoms with Crippen molar-refractivity contribution in [3.8, 4) is 0 Å². The average molecular weight is 404 g/mol. The first-order chi connectivity index (χ1) is 13.8.